The minimum absolute atomic E-state index is 0.739. The number of H-pyrrole nitrogens is 1. The molecule has 2 aromatic carbocycles. The van der Waals surface area contributed by atoms with E-state index in [1.165, 1.54) is 5.56 Å². The molecule has 5 heteroatoms. The quantitative estimate of drug-likeness (QED) is 0.722. The highest BCUT2D eigenvalue weighted by Gasteiger charge is 2.08. The van der Waals surface area contributed by atoms with Crippen LogP contribution in [0.3, 0.4) is 0 Å². The summed E-state index contributed by atoms with van der Waals surface area (Å²) in [6.07, 6.45) is 0. The molecule has 0 spiro atoms. The minimum Gasteiger partial charge on any atom is -0.399 e. The molecule has 0 atom stereocenters. The van der Waals surface area contributed by atoms with Gasteiger partial charge in [-0.15, -0.1) is 0 Å². The Labute approximate surface area is 125 Å². The van der Waals surface area contributed by atoms with Crippen LogP contribution in [-0.2, 0) is 6.54 Å². The number of imidazole rings is 1. The number of aromatic nitrogens is 2. The van der Waals surface area contributed by atoms with Crippen molar-refractivity contribution in [3.8, 4) is 0 Å². The predicted molar refractivity (Wildman–Crippen MR) is 86.8 cm³/mol. The number of nitrogens with one attached hydrogen (secondary N) is 1. The van der Waals surface area contributed by atoms with E-state index in [1.54, 1.807) is 0 Å². The molecule has 0 bridgehead atoms. The number of anilines is 2. The zero-order valence-electron chi connectivity index (χ0n) is 11.1. The molecule has 0 amide bonds. The van der Waals surface area contributed by atoms with E-state index < -0.39 is 0 Å². The number of rotatable bonds is 3. The summed E-state index contributed by atoms with van der Waals surface area (Å²) in [7, 11) is 2.02. The summed E-state index contributed by atoms with van der Waals surface area (Å²) in [4.78, 5) is 9.95. The number of benzene rings is 2. The average molecular weight is 331 g/mol. The van der Waals surface area contributed by atoms with Gasteiger partial charge in [0.15, 0.2) is 0 Å². The van der Waals surface area contributed by atoms with E-state index in [0.29, 0.717) is 0 Å². The first kappa shape index (κ1) is 13.0. The van der Waals surface area contributed by atoms with Crippen molar-refractivity contribution in [3.05, 3.63) is 52.5 Å². The smallest absolute Gasteiger partial charge is 0.203 e. The zero-order chi connectivity index (χ0) is 14.1. The van der Waals surface area contributed by atoms with Gasteiger partial charge in [0.25, 0.3) is 0 Å². The van der Waals surface area contributed by atoms with E-state index in [0.717, 1.165) is 33.7 Å². The summed E-state index contributed by atoms with van der Waals surface area (Å²) in [5.74, 6) is 0.841. The summed E-state index contributed by atoms with van der Waals surface area (Å²) < 4.78 is 1.09. The molecule has 0 saturated carbocycles. The SMILES string of the molecule is CN(Cc1ccc(Br)cc1)c1nc2ccc(N)cc2[nH]1. The number of hydrogen-bond acceptors (Lipinski definition) is 3. The van der Waals surface area contributed by atoms with Crippen LogP contribution in [0.1, 0.15) is 5.56 Å². The van der Waals surface area contributed by atoms with Gasteiger partial charge in [0.05, 0.1) is 11.0 Å². The first-order chi connectivity index (χ1) is 9.61. The van der Waals surface area contributed by atoms with Crippen LogP contribution in [0.2, 0.25) is 0 Å². The minimum atomic E-state index is 0.739. The molecule has 3 rings (SSSR count). The topological polar surface area (TPSA) is 57.9 Å². The molecule has 102 valence electrons. The third kappa shape index (κ3) is 2.63. The summed E-state index contributed by atoms with van der Waals surface area (Å²) in [5, 5.41) is 0. The Hall–Kier alpha value is -2.01. The van der Waals surface area contributed by atoms with Crippen molar-refractivity contribution in [1.82, 2.24) is 9.97 Å². The van der Waals surface area contributed by atoms with Gasteiger partial charge in [0.2, 0.25) is 5.95 Å². The first-order valence-electron chi connectivity index (χ1n) is 6.32. The number of hydrogen-bond donors (Lipinski definition) is 2. The molecule has 4 nitrogen and oxygen atoms in total. The Morgan fingerprint density at radius 1 is 1.20 bits per heavy atom. The van der Waals surface area contributed by atoms with Crippen LogP contribution in [0.25, 0.3) is 11.0 Å². The second kappa shape index (κ2) is 5.17. The number of nitrogen functional groups attached to an aromatic ring is 1. The number of aromatic amines is 1. The van der Waals surface area contributed by atoms with Crippen LogP contribution in [0.4, 0.5) is 11.6 Å². The van der Waals surface area contributed by atoms with Crippen molar-refractivity contribution in [2.75, 3.05) is 17.7 Å². The lowest BCUT2D eigenvalue weighted by Crippen LogP contribution is -2.17. The molecule has 3 N–H and O–H groups in total. The van der Waals surface area contributed by atoms with Gasteiger partial charge in [0.1, 0.15) is 0 Å². The Morgan fingerprint density at radius 2 is 1.95 bits per heavy atom. The molecular formula is C15H15BrN4. The van der Waals surface area contributed by atoms with E-state index >= 15 is 0 Å². The molecule has 0 aliphatic carbocycles. The van der Waals surface area contributed by atoms with Gasteiger partial charge in [-0.25, -0.2) is 4.98 Å². The molecule has 0 aliphatic heterocycles. The third-order valence-electron chi connectivity index (χ3n) is 3.19. The number of nitrogens with two attached hydrogens (primary N) is 1. The maximum absolute atomic E-state index is 5.78. The van der Waals surface area contributed by atoms with Gasteiger partial charge < -0.3 is 15.6 Å². The fraction of sp³-hybridized carbons (Fsp3) is 0.133. The molecule has 1 heterocycles. The normalized spacial score (nSPS) is 10.9. The number of fused-ring (bicyclic) bond motifs is 1. The van der Waals surface area contributed by atoms with E-state index in [9.17, 15) is 0 Å². The lowest BCUT2D eigenvalue weighted by atomic mass is 10.2. The standard InChI is InChI=1S/C15H15BrN4/c1-20(9-10-2-4-11(16)5-3-10)15-18-13-7-6-12(17)8-14(13)19-15/h2-8H,9,17H2,1H3,(H,18,19). The highest BCUT2D eigenvalue weighted by molar-refractivity contribution is 9.10. The van der Waals surface area contributed by atoms with Crippen molar-refractivity contribution in [3.63, 3.8) is 0 Å². The molecule has 3 aromatic rings. The van der Waals surface area contributed by atoms with Gasteiger partial charge >= 0.3 is 0 Å². The molecule has 0 radical (unpaired) electrons. The monoisotopic (exact) mass is 330 g/mol. The van der Waals surface area contributed by atoms with Crippen molar-refractivity contribution in [2.24, 2.45) is 0 Å². The van der Waals surface area contributed by atoms with Crippen LogP contribution in [0.5, 0.6) is 0 Å². The van der Waals surface area contributed by atoms with Crippen LogP contribution in [0.15, 0.2) is 46.9 Å². The molecular weight excluding hydrogens is 316 g/mol. The van der Waals surface area contributed by atoms with Crippen LogP contribution in [-0.4, -0.2) is 17.0 Å². The fourth-order valence-corrected chi connectivity index (χ4v) is 2.40. The van der Waals surface area contributed by atoms with Crippen molar-refractivity contribution >= 4 is 38.6 Å². The van der Waals surface area contributed by atoms with Gasteiger partial charge in [-0.3, -0.25) is 0 Å². The number of halogens is 1. The van der Waals surface area contributed by atoms with Gasteiger partial charge in [-0.2, -0.15) is 0 Å². The molecule has 1 aromatic heterocycles. The number of nitrogens with zero attached hydrogens (tertiary/aromatic N) is 2. The van der Waals surface area contributed by atoms with Crippen molar-refractivity contribution in [2.45, 2.75) is 6.54 Å². The first-order valence-corrected chi connectivity index (χ1v) is 7.12. The van der Waals surface area contributed by atoms with Gasteiger partial charge in [-0.1, -0.05) is 28.1 Å². The lowest BCUT2D eigenvalue weighted by Gasteiger charge is -2.15. The van der Waals surface area contributed by atoms with Crippen molar-refractivity contribution in [1.29, 1.82) is 0 Å². The Kier molecular flexibility index (Phi) is 3.36. The van der Waals surface area contributed by atoms with Crippen LogP contribution >= 0.6 is 15.9 Å². The highest BCUT2D eigenvalue weighted by Crippen LogP contribution is 2.20. The van der Waals surface area contributed by atoms with Gasteiger partial charge in [-0.05, 0) is 35.9 Å². The zero-order valence-corrected chi connectivity index (χ0v) is 12.7. The highest BCUT2D eigenvalue weighted by atomic mass is 79.9. The summed E-state index contributed by atoms with van der Waals surface area (Å²) in [6, 6.07) is 14.0. The van der Waals surface area contributed by atoms with Crippen LogP contribution in [0, 0.1) is 0 Å². The summed E-state index contributed by atoms with van der Waals surface area (Å²) in [6.45, 7) is 0.794. The van der Waals surface area contributed by atoms with E-state index in [1.807, 2.05) is 37.4 Å². The molecule has 0 saturated heterocycles. The maximum atomic E-state index is 5.78. The van der Waals surface area contributed by atoms with Crippen LogP contribution < -0.4 is 10.6 Å². The maximum Gasteiger partial charge on any atom is 0.203 e. The average Bonchev–Trinajstić information content (AvgIpc) is 2.84. The fourth-order valence-electron chi connectivity index (χ4n) is 2.13. The van der Waals surface area contributed by atoms with Crippen molar-refractivity contribution < 1.29 is 0 Å². The largest absolute Gasteiger partial charge is 0.399 e. The van der Waals surface area contributed by atoms with E-state index in [-0.39, 0.29) is 0 Å². The van der Waals surface area contributed by atoms with E-state index in [2.05, 4.69) is 42.9 Å². The molecule has 20 heavy (non-hydrogen) atoms. The second-order valence-corrected chi connectivity index (χ2v) is 5.74. The molecule has 0 aliphatic rings. The summed E-state index contributed by atoms with van der Waals surface area (Å²) in [5.41, 5.74) is 9.64. The third-order valence-corrected chi connectivity index (χ3v) is 3.72. The molecule has 0 unspecified atom stereocenters. The Balaban J connectivity index is 1.84. The van der Waals surface area contributed by atoms with E-state index in [4.69, 9.17) is 5.73 Å². The predicted octanol–water partition coefficient (Wildman–Crippen LogP) is 3.54. The second-order valence-electron chi connectivity index (χ2n) is 4.82. The Bertz CT molecular complexity index is 733. The molecule has 0 fully saturated rings. The Morgan fingerprint density at radius 3 is 2.70 bits per heavy atom. The van der Waals surface area contributed by atoms with Gasteiger partial charge in [0, 0.05) is 23.8 Å². The summed E-state index contributed by atoms with van der Waals surface area (Å²) >= 11 is 3.44. The lowest BCUT2D eigenvalue weighted by molar-refractivity contribution is 0.885.